The van der Waals surface area contributed by atoms with Gasteiger partial charge in [0.15, 0.2) is 12.3 Å². The van der Waals surface area contributed by atoms with Crippen molar-refractivity contribution < 1.29 is 18.3 Å². The fourth-order valence-corrected chi connectivity index (χ4v) is 4.03. The standard InChI is InChI=1S/C21H22F2N8O2/c1-13(32)29-7-4-15(5-8-29)26-21-27-20(33-11-17(22)23)19-16(6-9-30(19)28-21)14-2-3-18-24-12-25-31(18)10-14/h2-3,6,9-10,12,15,17H,4-5,7-8,11H2,1H3,(H,26,28). The summed E-state index contributed by atoms with van der Waals surface area (Å²) >= 11 is 0. The van der Waals surface area contributed by atoms with E-state index >= 15 is 0 Å². The zero-order chi connectivity index (χ0) is 22.9. The molecule has 4 aromatic rings. The van der Waals surface area contributed by atoms with Crippen LogP contribution in [-0.4, -0.2) is 72.2 Å². The molecule has 1 aliphatic heterocycles. The molecule has 1 N–H and O–H groups in total. The molecular weight excluding hydrogens is 434 g/mol. The molecule has 0 aromatic carbocycles. The van der Waals surface area contributed by atoms with Gasteiger partial charge in [-0.05, 0) is 31.0 Å². The molecule has 172 valence electrons. The highest BCUT2D eigenvalue weighted by Gasteiger charge is 2.23. The van der Waals surface area contributed by atoms with Gasteiger partial charge < -0.3 is 15.0 Å². The molecule has 0 radical (unpaired) electrons. The van der Waals surface area contributed by atoms with Gasteiger partial charge in [0.2, 0.25) is 17.7 Å². The van der Waals surface area contributed by atoms with Crippen LogP contribution in [0.15, 0.2) is 36.9 Å². The summed E-state index contributed by atoms with van der Waals surface area (Å²) in [7, 11) is 0. The normalized spacial score (nSPS) is 15.0. The first-order chi connectivity index (χ1) is 16.0. The lowest BCUT2D eigenvalue weighted by molar-refractivity contribution is -0.129. The summed E-state index contributed by atoms with van der Waals surface area (Å²) in [5.74, 6) is 0.396. The fourth-order valence-electron chi connectivity index (χ4n) is 4.03. The van der Waals surface area contributed by atoms with Crippen molar-refractivity contribution in [1.82, 2.24) is 34.1 Å². The van der Waals surface area contributed by atoms with E-state index in [9.17, 15) is 13.6 Å². The van der Waals surface area contributed by atoms with E-state index < -0.39 is 13.0 Å². The second-order valence-corrected chi connectivity index (χ2v) is 7.87. The summed E-state index contributed by atoms with van der Waals surface area (Å²) in [5, 5.41) is 11.9. The third-order valence-electron chi connectivity index (χ3n) is 5.68. The Hall–Kier alpha value is -3.83. The summed E-state index contributed by atoms with van der Waals surface area (Å²) in [4.78, 5) is 21.9. The van der Waals surface area contributed by atoms with Crippen LogP contribution in [0.2, 0.25) is 0 Å². The van der Waals surface area contributed by atoms with Crippen LogP contribution in [0.1, 0.15) is 19.8 Å². The number of nitrogens with zero attached hydrogens (tertiary/aromatic N) is 7. The van der Waals surface area contributed by atoms with Gasteiger partial charge in [0.1, 0.15) is 11.8 Å². The predicted molar refractivity (Wildman–Crippen MR) is 115 cm³/mol. The summed E-state index contributed by atoms with van der Waals surface area (Å²) in [6.07, 6.45) is 3.82. The minimum atomic E-state index is -2.64. The van der Waals surface area contributed by atoms with Crippen LogP contribution in [0.4, 0.5) is 14.7 Å². The molecule has 1 aliphatic rings. The van der Waals surface area contributed by atoms with Crippen molar-refractivity contribution in [1.29, 1.82) is 0 Å². The van der Waals surface area contributed by atoms with Crippen LogP contribution in [0.5, 0.6) is 5.88 Å². The van der Waals surface area contributed by atoms with Crippen LogP contribution in [0.3, 0.4) is 0 Å². The van der Waals surface area contributed by atoms with E-state index in [2.05, 4.69) is 25.5 Å². The topological polar surface area (TPSA) is 102 Å². The number of carbonyl (C=O) groups is 1. The molecule has 1 fully saturated rings. The number of pyridine rings is 1. The molecule has 4 aromatic heterocycles. The highest BCUT2D eigenvalue weighted by atomic mass is 19.3. The average molecular weight is 456 g/mol. The summed E-state index contributed by atoms with van der Waals surface area (Å²) < 4.78 is 34.5. The van der Waals surface area contributed by atoms with Crippen LogP contribution < -0.4 is 10.1 Å². The van der Waals surface area contributed by atoms with E-state index in [1.54, 1.807) is 33.2 Å². The molecule has 0 atom stereocenters. The van der Waals surface area contributed by atoms with Crippen LogP contribution in [-0.2, 0) is 4.79 Å². The number of fused-ring (bicyclic) bond motifs is 2. The maximum Gasteiger partial charge on any atom is 0.272 e. The van der Waals surface area contributed by atoms with Crippen LogP contribution in [0, 0.1) is 0 Å². The average Bonchev–Trinajstić information content (AvgIpc) is 3.44. The van der Waals surface area contributed by atoms with E-state index in [0.29, 0.717) is 24.3 Å². The van der Waals surface area contributed by atoms with Gasteiger partial charge in [-0.1, -0.05) is 0 Å². The second-order valence-electron chi connectivity index (χ2n) is 7.87. The van der Waals surface area contributed by atoms with Gasteiger partial charge in [0.05, 0.1) is 0 Å². The van der Waals surface area contributed by atoms with Gasteiger partial charge in [0.25, 0.3) is 6.43 Å². The summed E-state index contributed by atoms with van der Waals surface area (Å²) in [6, 6.07) is 5.57. The number of piperidine rings is 1. The minimum absolute atomic E-state index is 0.0535. The van der Waals surface area contributed by atoms with Gasteiger partial charge >= 0.3 is 0 Å². The SMILES string of the molecule is CC(=O)N1CCC(Nc2nc(OCC(F)F)c3c(-c4ccc5ncnn5c4)ccn3n2)CC1. The van der Waals surface area contributed by atoms with Crippen molar-refractivity contribution in [2.24, 2.45) is 0 Å². The quantitative estimate of drug-likeness (QED) is 0.476. The van der Waals surface area contributed by atoms with Crippen molar-refractivity contribution in [3.63, 3.8) is 0 Å². The smallest absolute Gasteiger partial charge is 0.272 e. The first-order valence-corrected chi connectivity index (χ1v) is 10.6. The van der Waals surface area contributed by atoms with Crippen LogP contribution >= 0.6 is 0 Å². The van der Waals surface area contributed by atoms with E-state index in [1.165, 1.54) is 6.33 Å². The lowest BCUT2D eigenvalue weighted by Crippen LogP contribution is -2.41. The molecule has 1 amide bonds. The number of carbonyl (C=O) groups excluding carboxylic acids is 1. The number of halogens is 2. The number of hydrogen-bond donors (Lipinski definition) is 1. The molecule has 0 bridgehead atoms. The number of rotatable bonds is 6. The van der Waals surface area contributed by atoms with Crippen molar-refractivity contribution in [3.05, 3.63) is 36.9 Å². The molecule has 5 rings (SSSR count). The molecular formula is C21H22F2N8O2. The molecule has 0 aliphatic carbocycles. The second kappa shape index (κ2) is 8.60. The minimum Gasteiger partial charge on any atom is -0.470 e. The Morgan fingerprint density at radius 2 is 2.06 bits per heavy atom. The lowest BCUT2D eigenvalue weighted by atomic mass is 10.1. The first-order valence-electron chi connectivity index (χ1n) is 10.6. The Kier molecular flexibility index (Phi) is 5.48. The largest absolute Gasteiger partial charge is 0.470 e. The third kappa shape index (κ3) is 4.28. The highest BCUT2D eigenvalue weighted by molar-refractivity contribution is 5.84. The lowest BCUT2D eigenvalue weighted by Gasteiger charge is -2.31. The number of nitrogens with one attached hydrogen (secondary N) is 1. The Morgan fingerprint density at radius 1 is 1.24 bits per heavy atom. The molecule has 12 heteroatoms. The number of ether oxygens (including phenoxy) is 1. The maximum absolute atomic E-state index is 12.9. The van der Waals surface area contributed by atoms with Crippen LogP contribution in [0.25, 0.3) is 22.3 Å². The summed E-state index contributed by atoms with van der Waals surface area (Å²) in [6.45, 7) is 2.06. The van der Waals surface area contributed by atoms with E-state index in [0.717, 1.165) is 24.0 Å². The monoisotopic (exact) mass is 456 g/mol. The van der Waals surface area contributed by atoms with Gasteiger partial charge in [0, 0.05) is 49.6 Å². The molecule has 0 spiro atoms. The molecule has 10 nitrogen and oxygen atoms in total. The molecule has 5 heterocycles. The Balaban J connectivity index is 1.48. The van der Waals surface area contributed by atoms with E-state index in [-0.39, 0.29) is 23.8 Å². The molecule has 0 saturated carbocycles. The predicted octanol–water partition coefficient (Wildman–Crippen LogP) is 2.51. The van der Waals surface area contributed by atoms with Gasteiger partial charge in [-0.25, -0.2) is 22.8 Å². The number of likely N-dealkylation sites (tertiary alicyclic amines) is 1. The Bertz CT molecular complexity index is 1300. The number of amides is 1. The third-order valence-corrected chi connectivity index (χ3v) is 5.68. The number of aromatic nitrogens is 6. The van der Waals surface area contributed by atoms with Crippen molar-refractivity contribution in [2.75, 3.05) is 25.0 Å². The first kappa shape index (κ1) is 21.0. The van der Waals surface area contributed by atoms with Crippen molar-refractivity contribution in [3.8, 4) is 17.0 Å². The molecule has 33 heavy (non-hydrogen) atoms. The van der Waals surface area contributed by atoms with E-state index in [1.807, 2.05) is 18.2 Å². The molecule has 0 unspecified atom stereocenters. The van der Waals surface area contributed by atoms with Gasteiger partial charge in [-0.2, -0.15) is 10.1 Å². The zero-order valence-electron chi connectivity index (χ0n) is 17.9. The highest BCUT2D eigenvalue weighted by Crippen LogP contribution is 2.32. The Labute approximate surface area is 187 Å². The van der Waals surface area contributed by atoms with Crippen molar-refractivity contribution in [2.45, 2.75) is 32.2 Å². The van der Waals surface area contributed by atoms with Crippen molar-refractivity contribution >= 4 is 23.0 Å². The number of alkyl halides is 2. The Morgan fingerprint density at radius 3 is 2.82 bits per heavy atom. The zero-order valence-corrected chi connectivity index (χ0v) is 17.9. The fraction of sp³-hybridized carbons (Fsp3) is 0.381. The summed E-state index contributed by atoms with van der Waals surface area (Å²) in [5.41, 5.74) is 2.68. The van der Waals surface area contributed by atoms with E-state index in [4.69, 9.17) is 4.74 Å². The number of hydrogen-bond acceptors (Lipinski definition) is 7. The maximum atomic E-state index is 12.9. The molecule has 1 saturated heterocycles. The van der Waals surface area contributed by atoms with Gasteiger partial charge in [-0.15, -0.1) is 5.10 Å². The van der Waals surface area contributed by atoms with Gasteiger partial charge in [-0.3, -0.25) is 4.79 Å². The number of anilines is 1.